The fraction of sp³-hybridized carbons (Fsp3) is 0.455. The van der Waals surface area contributed by atoms with Gasteiger partial charge in [-0.15, -0.1) is 0 Å². The van der Waals surface area contributed by atoms with Crippen molar-refractivity contribution in [1.29, 1.82) is 0 Å². The van der Waals surface area contributed by atoms with Crippen molar-refractivity contribution in [1.82, 2.24) is 5.32 Å². The van der Waals surface area contributed by atoms with Gasteiger partial charge in [-0.2, -0.15) is 0 Å². The number of nitrogens with one attached hydrogen (secondary N) is 1. The molecule has 0 aliphatic heterocycles. The normalized spacial score (nSPS) is 12.8. The van der Waals surface area contributed by atoms with Crippen molar-refractivity contribution < 1.29 is 0 Å². The minimum Gasteiger partial charge on any atom is -0.329 e. The van der Waals surface area contributed by atoms with Gasteiger partial charge < -0.3 is 16.8 Å². The van der Waals surface area contributed by atoms with Crippen LogP contribution in [0.2, 0.25) is 0 Å². The Balaban J connectivity index is 2.28. The van der Waals surface area contributed by atoms with Gasteiger partial charge in [0.1, 0.15) is 0 Å². The van der Waals surface area contributed by atoms with E-state index in [9.17, 15) is 0 Å². The van der Waals surface area contributed by atoms with E-state index < -0.39 is 0 Å². The van der Waals surface area contributed by atoms with Crippen LogP contribution in [0.5, 0.6) is 0 Å². The van der Waals surface area contributed by atoms with Crippen molar-refractivity contribution in [3.05, 3.63) is 35.4 Å². The van der Waals surface area contributed by atoms with E-state index in [1.165, 1.54) is 11.1 Å². The third-order valence-corrected chi connectivity index (χ3v) is 2.16. The summed E-state index contributed by atoms with van der Waals surface area (Å²) in [6, 6.07) is 8.52. The molecule has 0 heterocycles. The van der Waals surface area contributed by atoms with Crippen LogP contribution < -0.4 is 16.8 Å². The van der Waals surface area contributed by atoms with Gasteiger partial charge >= 0.3 is 0 Å². The standard InChI is InChI=1S/C11H19N3/c1-9-2-4-10(5-3-9)7-14-8-11(13)6-12/h2-5,11,14H,6-8,12-13H2,1H3. The molecular weight excluding hydrogens is 174 g/mol. The lowest BCUT2D eigenvalue weighted by Crippen LogP contribution is -2.39. The minimum atomic E-state index is 0.0560. The zero-order chi connectivity index (χ0) is 10.4. The zero-order valence-electron chi connectivity index (χ0n) is 8.66. The summed E-state index contributed by atoms with van der Waals surface area (Å²) >= 11 is 0. The second kappa shape index (κ2) is 5.75. The monoisotopic (exact) mass is 193 g/mol. The Hall–Kier alpha value is -0.900. The Morgan fingerprint density at radius 2 is 1.93 bits per heavy atom. The summed E-state index contributed by atoms with van der Waals surface area (Å²) in [6.45, 7) is 4.24. The molecule has 78 valence electrons. The fourth-order valence-corrected chi connectivity index (χ4v) is 1.19. The molecule has 1 atom stereocenters. The smallest absolute Gasteiger partial charge is 0.0290 e. The predicted molar refractivity (Wildman–Crippen MR) is 59.9 cm³/mol. The summed E-state index contributed by atoms with van der Waals surface area (Å²) in [6.07, 6.45) is 0. The summed E-state index contributed by atoms with van der Waals surface area (Å²) in [5, 5.41) is 3.27. The summed E-state index contributed by atoms with van der Waals surface area (Å²) in [5.74, 6) is 0. The lowest BCUT2D eigenvalue weighted by molar-refractivity contribution is 0.582. The molecule has 1 unspecified atom stereocenters. The highest BCUT2D eigenvalue weighted by molar-refractivity contribution is 5.21. The second-order valence-electron chi connectivity index (χ2n) is 3.61. The second-order valence-corrected chi connectivity index (χ2v) is 3.61. The molecule has 3 heteroatoms. The van der Waals surface area contributed by atoms with Crippen molar-refractivity contribution in [3.63, 3.8) is 0 Å². The largest absolute Gasteiger partial charge is 0.329 e. The molecule has 0 aliphatic rings. The van der Waals surface area contributed by atoms with Crippen LogP contribution in [0.1, 0.15) is 11.1 Å². The maximum absolute atomic E-state index is 5.67. The van der Waals surface area contributed by atoms with Gasteiger partial charge in [0.25, 0.3) is 0 Å². The Morgan fingerprint density at radius 1 is 1.29 bits per heavy atom. The van der Waals surface area contributed by atoms with E-state index in [4.69, 9.17) is 11.5 Å². The Labute approximate surface area is 85.5 Å². The minimum absolute atomic E-state index is 0.0560. The number of aryl methyl sites for hydroxylation is 1. The van der Waals surface area contributed by atoms with Gasteiger partial charge in [0.2, 0.25) is 0 Å². The summed E-state index contributed by atoms with van der Waals surface area (Å²) in [5.41, 5.74) is 13.6. The lowest BCUT2D eigenvalue weighted by atomic mass is 10.1. The van der Waals surface area contributed by atoms with E-state index in [2.05, 4.69) is 36.5 Å². The highest BCUT2D eigenvalue weighted by Gasteiger charge is 1.97. The molecule has 0 fully saturated rings. The molecule has 0 saturated carbocycles. The van der Waals surface area contributed by atoms with E-state index in [1.54, 1.807) is 0 Å². The predicted octanol–water partition coefficient (Wildman–Crippen LogP) is 0.371. The van der Waals surface area contributed by atoms with Crippen LogP contribution in [-0.4, -0.2) is 19.1 Å². The van der Waals surface area contributed by atoms with Gasteiger partial charge in [0.15, 0.2) is 0 Å². The average Bonchev–Trinajstić information content (AvgIpc) is 2.21. The van der Waals surface area contributed by atoms with Gasteiger partial charge in [-0.05, 0) is 12.5 Å². The first kappa shape index (κ1) is 11.2. The number of benzene rings is 1. The highest BCUT2D eigenvalue weighted by atomic mass is 14.9. The molecule has 0 radical (unpaired) electrons. The first-order chi connectivity index (χ1) is 6.72. The fourth-order valence-electron chi connectivity index (χ4n) is 1.19. The van der Waals surface area contributed by atoms with Crippen molar-refractivity contribution in [2.45, 2.75) is 19.5 Å². The summed E-state index contributed by atoms with van der Waals surface area (Å²) < 4.78 is 0. The molecule has 5 N–H and O–H groups in total. The molecule has 3 nitrogen and oxygen atoms in total. The Bertz CT molecular complexity index is 256. The lowest BCUT2D eigenvalue weighted by Gasteiger charge is -2.10. The molecule has 14 heavy (non-hydrogen) atoms. The maximum atomic E-state index is 5.67. The topological polar surface area (TPSA) is 64.1 Å². The van der Waals surface area contributed by atoms with E-state index in [1.807, 2.05) is 0 Å². The highest BCUT2D eigenvalue weighted by Crippen LogP contribution is 2.01. The molecule has 0 saturated heterocycles. The first-order valence-electron chi connectivity index (χ1n) is 4.94. The number of rotatable bonds is 5. The Morgan fingerprint density at radius 3 is 2.50 bits per heavy atom. The quantitative estimate of drug-likeness (QED) is 0.633. The number of hydrogen-bond acceptors (Lipinski definition) is 3. The van der Waals surface area contributed by atoms with Crippen LogP contribution in [0.4, 0.5) is 0 Å². The van der Waals surface area contributed by atoms with E-state index in [0.717, 1.165) is 13.1 Å². The molecule has 1 aromatic carbocycles. The van der Waals surface area contributed by atoms with Gasteiger partial charge in [-0.3, -0.25) is 0 Å². The molecule has 0 aromatic heterocycles. The van der Waals surface area contributed by atoms with E-state index in [-0.39, 0.29) is 6.04 Å². The molecular formula is C11H19N3. The van der Waals surface area contributed by atoms with Crippen molar-refractivity contribution in [2.24, 2.45) is 11.5 Å². The van der Waals surface area contributed by atoms with Crippen molar-refractivity contribution in [2.75, 3.05) is 13.1 Å². The Kier molecular flexibility index (Phi) is 4.59. The van der Waals surface area contributed by atoms with Crippen LogP contribution in [0.3, 0.4) is 0 Å². The molecule has 1 rings (SSSR count). The third kappa shape index (κ3) is 3.87. The van der Waals surface area contributed by atoms with Gasteiger partial charge in [0.05, 0.1) is 0 Å². The molecule has 0 spiro atoms. The van der Waals surface area contributed by atoms with Gasteiger partial charge in [0, 0.05) is 25.7 Å². The van der Waals surface area contributed by atoms with Crippen LogP contribution in [0, 0.1) is 6.92 Å². The van der Waals surface area contributed by atoms with E-state index in [0.29, 0.717) is 6.54 Å². The van der Waals surface area contributed by atoms with Crippen LogP contribution >= 0.6 is 0 Å². The van der Waals surface area contributed by atoms with Crippen LogP contribution in [0.25, 0.3) is 0 Å². The molecule has 0 bridgehead atoms. The average molecular weight is 193 g/mol. The zero-order valence-corrected chi connectivity index (χ0v) is 8.66. The third-order valence-electron chi connectivity index (χ3n) is 2.16. The van der Waals surface area contributed by atoms with Crippen LogP contribution in [-0.2, 0) is 6.54 Å². The van der Waals surface area contributed by atoms with Gasteiger partial charge in [-0.25, -0.2) is 0 Å². The molecule has 0 aliphatic carbocycles. The van der Waals surface area contributed by atoms with E-state index >= 15 is 0 Å². The molecule has 0 amide bonds. The van der Waals surface area contributed by atoms with Crippen molar-refractivity contribution >= 4 is 0 Å². The van der Waals surface area contributed by atoms with Crippen molar-refractivity contribution in [3.8, 4) is 0 Å². The van der Waals surface area contributed by atoms with Crippen LogP contribution in [0.15, 0.2) is 24.3 Å². The number of hydrogen-bond donors (Lipinski definition) is 3. The number of nitrogens with two attached hydrogens (primary N) is 2. The maximum Gasteiger partial charge on any atom is 0.0290 e. The SMILES string of the molecule is Cc1ccc(CNCC(N)CN)cc1. The summed E-state index contributed by atoms with van der Waals surface area (Å²) in [7, 11) is 0. The molecule has 1 aromatic rings. The first-order valence-corrected chi connectivity index (χ1v) is 4.94. The summed E-state index contributed by atoms with van der Waals surface area (Å²) in [4.78, 5) is 0. The van der Waals surface area contributed by atoms with Gasteiger partial charge in [-0.1, -0.05) is 29.8 Å².